The van der Waals surface area contributed by atoms with Crippen molar-refractivity contribution < 1.29 is 8.81 Å². The zero-order chi connectivity index (χ0) is 14.4. The highest BCUT2D eigenvalue weighted by atomic mass is 19.1. The fourth-order valence-electron chi connectivity index (χ4n) is 2.09. The molecule has 0 aliphatic rings. The highest BCUT2D eigenvalue weighted by Gasteiger charge is 2.09. The van der Waals surface area contributed by atoms with E-state index in [1.807, 2.05) is 24.1 Å². The molecule has 1 N–H and O–H groups in total. The fourth-order valence-corrected chi connectivity index (χ4v) is 2.09. The molecule has 0 atom stereocenters. The van der Waals surface area contributed by atoms with E-state index in [-0.39, 0.29) is 5.82 Å². The van der Waals surface area contributed by atoms with E-state index in [0.717, 1.165) is 30.8 Å². The van der Waals surface area contributed by atoms with Crippen molar-refractivity contribution in [1.29, 1.82) is 0 Å². The topological polar surface area (TPSA) is 28.4 Å². The van der Waals surface area contributed by atoms with Crippen molar-refractivity contribution in [3.63, 3.8) is 0 Å². The standard InChI is InChI=1S/C16H21FN2O/c1-3-8-18-10-13-9-14(20-12-13)11-19(2)16-7-5-4-6-15(16)17/h4-7,9,12,18H,3,8,10-11H2,1-2H3. The van der Waals surface area contributed by atoms with Crippen LogP contribution in [0.2, 0.25) is 0 Å². The number of furan rings is 1. The zero-order valence-corrected chi connectivity index (χ0v) is 12.0. The summed E-state index contributed by atoms with van der Waals surface area (Å²) >= 11 is 0. The maximum absolute atomic E-state index is 13.7. The molecule has 0 bridgehead atoms. The first-order chi connectivity index (χ1) is 9.70. The highest BCUT2D eigenvalue weighted by Crippen LogP contribution is 2.20. The molecule has 2 rings (SSSR count). The van der Waals surface area contributed by atoms with Crippen LogP contribution in [0.25, 0.3) is 0 Å². The molecule has 3 nitrogen and oxygen atoms in total. The maximum atomic E-state index is 13.7. The summed E-state index contributed by atoms with van der Waals surface area (Å²) in [5.74, 6) is 0.621. The predicted octanol–water partition coefficient (Wildman–Crippen LogP) is 3.55. The SMILES string of the molecule is CCCNCc1coc(CN(C)c2ccccc2F)c1. The molecule has 4 heteroatoms. The second kappa shape index (κ2) is 7.10. The highest BCUT2D eigenvalue weighted by molar-refractivity contribution is 5.46. The van der Waals surface area contributed by atoms with E-state index in [0.29, 0.717) is 12.2 Å². The van der Waals surface area contributed by atoms with E-state index in [1.165, 1.54) is 6.07 Å². The average molecular weight is 276 g/mol. The third-order valence-corrected chi connectivity index (χ3v) is 3.12. The van der Waals surface area contributed by atoms with Crippen LogP contribution in [-0.4, -0.2) is 13.6 Å². The van der Waals surface area contributed by atoms with Gasteiger partial charge in [0.2, 0.25) is 0 Å². The number of anilines is 1. The summed E-state index contributed by atoms with van der Waals surface area (Å²) in [5, 5.41) is 3.33. The lowest BCUT2D eigenvalue weighted by Crippen LogP contribution is -2.17. The molecule has 1 aromatic carbocycles. The molecular weight excluding hydrogens is 255 g/mol. The normalized spacial score (nSPS) is 10.8. The van der Waals surface area contributed by atoms with Crippen molar-refractivity contribution in [3.05, 3.63) is 53.7 Å². The van der Waals surface area contributed by atoms with E-state index >= 15 is 0 Å². The van der Waals surface area contributed by atoms with Gasteiger partial charge in [0.25, 0.3) is 0 Å². The van der Waals surface area contributed by atoms with Gasteiger partial charge in [-0.1, -0.05) is 19.1 Å². The van der Waals surface area contributed by atoms with Crippen molar-refractivity contribution in [3.8, 4) is 0 Å². The minimum atomic E-state index is -0.216. The largest absolute Gasteiger partial charge is 0.467 e. The minimum absolute atomic E-state index is 0.216. The lowest BCUT2D eigenvalue weighted by atomic mass is 10.2. The molecule has 0 aliphatic carbocycles. The Morgan fingerprint density at radius 1 is 1.30 bits per heavy atom. The first-order valence-corrected chi connectivity index (χ1v) is 6.93. The van der Waals surface area contributed by atoms with Crippen LogP contribution in [-0.2, 0) is 13.1 Å². The Bertz CT molecular complexity index is 539. The molecule has 1 heterocycles. The molecule has 108 valence electrons. The Morgan fingerprint density at radius 3 is 2.85 bits per heavy atom. The van der Waals surface area contributed by atoms with Crippen LogP contribution in [0.15, 0.2) is 41.0 Å². The van der Waals surface area contributed by atoms with Crippen molar-refractivity contribution >= 4 is 5.69 Å². The van der Waals surface area contributed by atoms with Gasteiger partial charge in [0.05, 0.1) is 18.5 Å². The summed E-state index contributed by atoms with van der Waals surface area (Å²) < 4.78 is 19.2. The molecule has 20 heavy (non-hydrogen) atoms. The summed E-state index contributed by atoms with van der Waals surface area (Å²) in [6.07, 6.45) is 2.87. The zero-order valence-electron chi connectivity index (χ0n) is 12.0. The third-order valence-electron chi connectivity index (χ3n) is 3.12. The van der Waals surface area contributed by atoms with Gasteiger partial charge in [-0.15, -0.1) is 0 Å². The van der Waals surface area contributed by atoms with Crippen molar-refractivity contribution in [1.82, 2.24) is 5.32 Å². The number of hydrogen-bond acceptors (Lipinski definition) is 3. The van der Waals surface area contributed by atoms with Gasteiger partial charge in [0.1, 0.15) is 11.6 Å². The maximum Gasteiger partial charge on any atom is 0.146 e. The average Bonchev–Trinajstić information content (AvgIpc) is 2.87. The molecule has 0 radical (unpaired) electrons. The molecule has 0 saturated heterocycles. The Hall–Kier alpha value is -1.81. The molecule has 0 spiro atoms. The first-order valence-electron chi connectivity index (χ1n) is 6.93. The summed E-state index contributed by atoms with van der Waals surface area (Å²) in [6.45, 7) is 4.49. The van der Waals surface area contributed by atoms with Crippen molar-refractivity contribution in [2.24, 2.45) is 0 Å². The number of rotatable bonds is 7. The van der Waals surface area contributed by atoms with Crippen LogP contribution < -0.4 is 10.2 Å². The van der Waals surface area contributed by atoms with Gasteiger partial charge >= 0.3 is 0 Å². The predicted molar refractivity (Wildman–Crippen MR) is 79.2 cm³/mol. The Kier molecular flexibility index (Phi) is 5.18. The second-order valence-electron chi connectivity index (χ2n) is 4.91. The van der Waals surface area contributed by atoms with E-state index in [2.05, 4.69) is 12.2 Å². The smallest absolute Gasteiger partial charge is 0.146 e. The molecule has 0 fully saturated rings. The van der Waals surface area contributed by atoms with Gasteiger partial charge < -0.3 is 14.6 Å². The summed E-state index contributed by atoms with van der Waals surface area (Å²) in [7, 11) is 1.86. The van der Waals surface area contributed by atoms with Crippen LogP contribution in [0.3, 0.4) is 0 Å². The number of para-hydroxylation sites is 1. The molecule has 1 aromatic heterocycles. The van der Waals surface area contributed by atoms with Gasteiger partial charge in [-0.2, -0.15) is 0 Å². The van der Waals surface area contributed by atoms with Gasteiger partial charge in [-0.25, -0.2) is 4.39 Å². The molecule has 0 saturated carbocycles. The number of benzene rings is 1. The summed E-state index contributed by atoms with van der Waals surface area (Å²) in [5.41, 5.74) is 1.70. The summed E-state index contributed by atoms with van der Waals surface area (Å²) in [6, 6.07) is 8.77. The quantitative estimate of drug-likeness (QED) is 0.784. The molecular formula is C16H21FN2O. The first kappa shape index (κ1) is 14.6. The minimum Gasteiger partial charge on any atom is -0.467 e. The van der Waals surface area contributed by atoms with Crippen LogP contribution >= 0.6 is 0 Å². The molecule has 0 aliphatic heterocycles. The summed E-state index contributed by atoms with van der Waals surface area (Å²) in [4.78, 5) is 1.84. The Morgan fingerprint density at radius 2 is 2.10 bits per heavy atom. The van der Waals surface area contributed by atoms with Crippen molar-refractivity contribution in [2.75, 3.05) is 18.5 Å². The van der Waals surface area contributed by atoms with Crippen LogP contribution in [0.5, 0.6) is 0 Å². The number of hydrogen-bond donors (Lipinski definition) is 1. The van der Waals surface area contributed by atoms with E-state index < -0.39 is 0 Å². The van der Waals surface area contributed by atoms with E-state index in [9.17, 15) is 4.39 Å². The van der Waals surface area contributed by atoms with Crippen LogP contribution in [0.1, 0.15) is 24.7 Å². The molecule has 2 aromatic rings. The monoisotopic (exact) mass is 276 g/mol. The van der Waals surface area contributed by atoms with Gasteiger partial charge in [-0.3, -0.25) is 0 Å². The van der Waals surface area contributed by atoms with Gasteiger partial charge in [0.15, 0.2) is 0 Å². The number of halogens is 1. The van der Waals surface area contributed by atoms with E-state index in [1.54, 1.807) is 18.4 Å². The fraction of sp³-hybridized carbons (Fsp3) is 0.375. The lowest BCUT2D eigenvalue weighted by molar-refractivity contribution is 0.502. The van der Waals surface area contributed by atoms with Crippen molar-refractivity contribution in [2.45, 2.75) is 26.4 Å². The Balaban J connectivity index is 1.95. The van der Waals surface area contributed by atoms with Gasteiger partial charge in [0, 0.05) is 19.2 Å². The molecule has 0 amide bonds. The molecule has 0 unspecified atom stereocenters. The van der Waals surface area contributed by atoms with Crippen LogP contribution in [0, 0.1) is 5.82 Å². The van der Waals surface area contributed by atoms with E-state index in [4.69, 9.17) is 4.42 Å². The van der Waals surface area contributed by atoms with Crippen LogP contribution in [0.4, 0.5) is 10.1 Å². The second-order valence-corrected chi connectivity index (χ2v) is 4.91. The number of nitrogens with one attached hydrogen (secondary N) is 1. The third kappa shape index (κ3) is 3.84. The Labute approximate surface area is 119 Å². The van der Waals surface area contributed by atoms with Gasteiger partial charge in [-0.05, 0) is 31.2 Å². The lowest BCUT2D eigenvalue weighted by Gasteiger charge is -2.18. The number of nitrogens with zero attached hydrogens (tertiary/aromatic N) is 1.